The van der Waals surface area contributed by atoms with Crippen molar-refractivity contribution in [1.82, 2.24) is 10.2 Å². The minimum atomic E-state index is -0.201. The van der Waals surface area contributed by atoms with E-state index >= 15 is 0 Å². The molecule has 0 aromatic rings. The van der Waals surface area contributed by atoms with Crippen molar-refractivity contribution in [3.8, 4) is 0 Å². The molecule has 94 valence electrons. The first kappa shape index (κ1) is 13.5. The molecule has 0 saturated heterocycles. The Morgan fingerprint density at radius 1 is 1.50 bits per heavy atom. The van der Waals surface area contributed by atoms with Gasteiger partial charge in [-0.05, 0) is 33.6 Å². The molecule has 0 heterocycles. The number of nitrogens with zero attached hydrogens (tertiary/aromatic N) is 1. The summed E-state index contributed by atoms with van der Waals surface area (Å²) in [5, 5.41) is 3.16. The second-order valence-electron chi connectivity index (χ2n) is 5.03. The van der Waals surface area contributed by atoms with Crippen molar-refractivity contribution < 1.29 is 9.53 Å². The molecular weight excluding hydrogens is 204 g/mol. The zero-order valence-electron chi connectivity index (χ0n) is 10.9. The molecule has 1 aliphatic rings. The standard InChI is InChI=1S/C12H24N2O2/c1-5-16-12(2,3)9-13-8-11(15)14(4)10-6-7-10/h10,13H,5-9H2,1-4H3. The molecule has 16 heavy (non-hydrogen) atoms. The molecule has 0 aromatic carbocycles. The summed E-state index contributed by atoms with van der Waals surface area (Å²) < 4.78 is 5.54. The predicted octanol–water partition coefficient (Wildman–Crippen LogP) is 1.01. The van der Waals surface area contributed by atoms with Crippen molar-refractivity contribution in [3.63, 3.8) is 0 Å². The minimum absolute atomic E-state index is 0.176. The molecule has 1 N–H and O–H groups in total. The van der Waals surface area contributed by atoms with Gasteiger partial charge in [-0.25, -0.2) is 0 Å². The second-order valence-corrected chi connectivity index (χ2v) is 5.03. The average molecular weight is 228 g/mol. The lowest BCUT2D eigenvalue weighted by molar-refractivity contribution is -0.129. The third kappa shape index (κ3) is 4.49. The van der Waals surface area contributed by atoms with E-state index in [1.165, 1.54) is 0 Å². The fourth-order valence-electron chi connectivity index (χ4n) is 1.70. The maximum absolute atomic E-state index is 11.7. The first-order valence-corrected chi connectivity index (χ1v) is 6.06. The number of hydrogen-bond donors (Lipinski definition) is 1. The second kappa shape index (κ2) is 5.64. The van der Waals surface area contributed by atoms with E-state index < -0.39 is 0 Å². The van der Waals surface area contributed by atoms with Gasteiger partial charge in [0.25, 0.3) is 0 Å². The van der Waals surface area contributed by atoms with Crippen LogP contribution in [0.2, 0.25) is 0 Å². The highest BCUT2D eigenvalue weighted by molar-refractivity contribution is 5.78. The molecule has 0 atom stereocenters. The Kier molecular flexibility index (Phi) is 4.74. The van der Waals surface area contributed by atoms with E-state index in [4.69, 9.17) is 4.74 Å². The van der Waals surface area contributed by atoms with Gasteiger partial charge in [-0.15, -0.1) is 0 Å². The van der Waals surface area contributed by atoms with Crippen molar-refractivity contribution in [1.29, 1.82) is 0 Å². The predicted molar refractivity (Wildman–Crippen MR) is 64.4 cm³/mol. The molecule has 4 heteroatoms. The number of carbonyl (C=O) groups excluding carboxylic acids is 1. The van der Waals surface area contributed by atoms with E-state index in [0.717, 1.165) is 12.8 Å². The lowest BCUT2D eigenvalue weighted by atomic mass is 10.1. The highest BCUT2D eigenvalue weighted by atomic mass is 16.5. The summed E-state index contributed by atoms with van der Waals surface area (Å²) >= 11 is 0. The third-order valence-corrected chi connectivity index (χ3v) is 2.85. The van der Waals surface area contributed by atoms with Gasteiger partial charge in [0.2, 0.25) is 5.91 Å². The van der Waals surface area contributed by atoms with Gasteiger partial charge < -0.3 is 15.0 Å². The molecule has 0 bridgehead atoms. The highest BCUT2D eigenvalue weighted by Gasteiger charge is 2.29. The maximum atomic E-state index is 11.7. The number of nitrogens with one attached hydrogen (secondary N) is 1. The topological polar surface area (TPSA) is 41.6 Å². The van der Waals surface area contributed by atoms with Crippen molar-refractivity contribution in [3.05, 3.63) is 0 Å². The number of amides is 1. The normalized spacial score (nSPS) is 16.2. The Morgan fingerprint density at radius 3 is 2.62 bits per heavy atom. The van der Waals surface area contributed by atoms with Gasteiger partial charge in [-0.3, -0.25) is 4.79 Å². The summed E-state index contributed by atoms with van der Waals surface area (Å²) in [6.45, 7) is 7.84. The Morgan fingerprint density at radius 2 is 2.12 bits per heavy atom. The molecule has 1 rings (SSSR count). The molecular formula is C12H24N2O2. The molecule has 0 unspecified atom stereocenters. The Bertz CT molecular complexity index is 237. The van der Waals surface area contributed by atoms with Crippen molar-refractivity contribution in [2.75, 3.05) is 26.7 Å². The van der Waals surface area contributed by atoms with Gasteiger partial charge in [0, 0.05) is 26.2 Å². The van der Waals surface area contributed by atoms with Crippen LogP contribution < -0.4 is 5.32 Å². The molecule has 0 radical (unpaired) electrons. The molecule has 0 aliphatic heterocycles. The summed E-state index contributed by atoms with van der Waals surface area (Å²) in [6.07, 6.45) is 2.32. The van der Waals surface area contributed by atoms with Crippen LogP contribution in [-0.4, -0.2) is 49.2 Å². The molecule has 1 aliphatic carbocycles. The van der Waals surface area contributed by atoms with Crippen LogP contribution in [0.1, 0.15) is 33.6 Å². The zero-order chi connectivity index (χ0) is 12.2. The van der Waals surface area contributed by atoms with Crippen LogP contribution in [0.15, 0.2) is 0 Å². The molecule has 1 amide bonds. The Hall–Kier alpha value is -0.610. The van der Waals surface area contributed by atoms with Crippen LogP contribution in [0, 0.1) is 0 Å². The minimum Gasteiger partial charge on any atom is -0.375 e. The van der Waals surface area contributed by atoms with E-state index in [1.54, 1.807) is 0 Å². The van der Waals surface area contributed by atoms with Gasteiger partial charge in [-0.1, -0.05) is 0 Å². The molecule has 0 aromatic heterocycles. The number of carbonyl (C=O) groups is 1. The van der Waals surface area contributed by atoms with Crippen LogP contribution in [0.5, 0.6) is 0 Å². The van der Waals surface area contributed by atoms with E-state index in [9.17, 15) is 4.79 Å². The Balaban J connectivity index is 2.16. The van der Waals surface area contributed by atoms with Gasteiger partial charge in [0.05, 0.1) is 12.1 Å². The van der Waals surface area contributed by atoms with Crippen molar-refractivity contribution >= 4 is 5.91 Å². The van der Waals surface area contributed by atoms with Gasteiger partial charge in [0.15, 0.2) is 0 Å². The summed E-state index contributed by atoms with van der Waals surface area (Å²) in [4.78, 5) is 13.5. The third-order valence-electron chi connectivity index (χ3n) is 2.85. The van der Waals surface area contributed by atoms with E-state index in [-0.39, 0.29) is 11.5 Å². The summed E-state index contributed by atoms with van der Waals surface area (Å²) in [5.74, 6) is 0.176. The first-order chi connectivity index (χ1) is 7.46. The summed E-state index contributed by atoms with van der Waals surface area (Å²) in [5.41, 5.74) is -0.201. The van der Waals surface area contributed by atoms with Gasteiger partial charge >= 0.3 is 0 Å². The smallest absolute Gasteiger partial charge is 0.236 e. The lowest BCUT2D eigenvalue weighted by Gasteiger charge is -2.25. The largest absolute Gasteiger partial charge is 0.375 e. The average Bonchev–Trinajstić information content (AvgIpc) is 2.99. The SMILES string of the molecule is CCOC(C)(C)CNCC(=O)N(C)C1CC1. The number of rotatable bonds is 7. The van der Waals surface area contributed by atoms with Crippen LogP contribution in [0.25, 0.3) is 0 Å². The quantitative estimate of drug-likeness (QED) is 0.707. The maximum Gasteiger partial charge on any atom is 0.236 e. The lowest BCUT2D eigenvalue weighted by Crippen LogP contribution is -2.43. The first-order valence-electron chi connectivity index (χ1n) is 6.06. The summed E-state index contributed by atoms with van der Waals surface area (Å²) in [7, 11) is 1.88. The molecule has 1 fully saturated rings. The van der Waals surface area contributed by atoms with E-state index in [1.807, 2.05) is 32.7 Å². The van der Waals surface area contributed by atoms with Crippen molar-refractivity contribution in [2.24, 2.45) is 0 Å². The van der Waals surface area contributed by atoms with Crippen LogP contribution in [-0.2, 0) is 9.53 Å². The van der Waals surface area contributed by atoms with E-state index in [0.29, 0.717) is 25.7 Å². The molecule has 1 saturated carbocycles. The molecule has 4 nitrogen and oxygen atoms in total. The fourth-order valence-corrected chi connectivity index (χ4v) is 1.70. The fraction of sp³-hybridized carbons (Fsp3) is 0.917. The number of hydrogen-bond acceptors (Lipinski definition) is 3. The van der Waals surface area contributed by atoms with E-state index in [2.05, 4.69) is 5.32 Å². The van der Waals surface area contributed by atoms with Crippen LogP contribution in [0.4, 0.5) is 0 Å². The highest BCUT2D eigenvalue weighted by Crippen LogP contribution is 2.25. The summed E-state index contributed by atoms with van der Waals surface area (Å²) in [6, 6.07) is 0.495. The number of likely N-dealkylation sites (N-methyl/N-ethyl adjacent to an activating group) is 1. The van der Waals surface area contributed by atoms with Crippen LogP contribution >= 0.6 is 0 Å². The monoisotopic (exact) mass is 228 g/mol. The number of ether oxygens (including phenoxy) is 1. The van der Waals surface area contributed by atoms with Gasteiger partial charge in [0.1, 0.15) is 0 Å². The molecule has 0 spiro atoms. The zero-order valence-corrected chi connectivity index (χ0v) is 10.9. The van der Waals surface area contributed by atoms with Gasteiger partial charge in [-0.2, -0.15) is 0 Å². The Labute approximate surface area is 98.3 Å². The van der Waals surface area contributed by atoms with Crippen LogP contribution in [0.3, 0.4) is 0 Å². The van der Waals surface area contributed by atoms with Crippen molar-refractivity contribution in [2.45, 2.75) is 45.3 Å².